The molecule has 0 radical (unpaired) electrons. The van der Waals surface area contributed by atoms with Gasteiger partial charge in [0.25, 0.3) is 5.56 Å². The predicted octanol–water partition coefficient (Wildman–Crippen LogP) is 1.77. The number of ether oxygens (including phenoxy) is 1. The monoisotopic (exact) mass is 418 g/mol. The summed E-state index contributed by atoms with van der Waals surface area (Å²) in [4.78, 5) is 30.4. The Hall–Kier alpha value is -4.27. The lowest BCUT2D eigenvalue weighted by atomic mass is 10.1. The molecule has 3 N–H and O–H groups in total. The number of nitrogens with one attached hydrogen (secondary N) is 2. The van der Waals surface area contributed by atoms with Crippen LogP contribution in [0.3, 0.4) is 0 Å². The van der Waals surface area contributed by atoms with Crippen LogP contribution < -0.4 is 20.4 Å². The molecule has 0 aliphatic rings. The quantitative estimate of drug-likeness (QED) is 0.388. The summed E-state index contributed by atoms with van der Waals surface area (Å²) >= 11 is 0. The van der Waals surface area contributed by atoms with Gasteiger partial charge in [0.15, 0.2) is 5.75 Å². The second kappa shape index (κ2) is 6.63. The normalized spacial score (nSPS) is 11.5. The molecule has 2 aromatic carbocycles. The third-order valence-electron chi connectivity index (χ3n) is 5.53. The lowest BCUT2D eigenvalue weighted by molar-refractivity contribution is -0.479. The van der Waals surface area contributed by atoms with Crippen LogP contribution in [0.1, 0.15) is 5.56 Å². The first-order valence-corrected chi connectivity index (χ1v) is 9.62. The Morgan fingerprint density at radius 3 is 2.65 bits per heavy atom. The average Bonchev–Trinajstić information content (AvgIpc) is 3.30. The summed E-state index contributed by atoms with van der Waals surface area (Å²) in [5.41, 5.74) is 2.91. The molecule has 3 heterocycles. The van der Waals surface area contributed by atoms with Gasteiger partial charge in [-0.1, -0.05) is 18.2 Å². The lowest BCUT2D eigenvalue weighted by Crippen LogP contribution is -2.33. The molecular formula is C22H20N5O4+. The molecule has 0 fully saturated rings. The molecule has 0 aliphatic heterocycles. The maximum Gasteiger partial charge on any atom is 0.374 e. The van der Waals surface area contributed by atoms with Crippen LogP contribution >= 0.6 is 0 Å². The Kier molecular flexibility index (Phi) is 4.01. The second-order valence-corrected chi connectivity index (χ2v) is 7.35. The van der Waals surface area contributed by atoms with Crippen molar-refractivity contribution in [3.05, 3.63) is 75.1 Å². The van der Waals surface area contributed by atoms with Gasteiger partial charge in [-0.2, -0.15) is 8.97 Å². The highest BCUT2D eigenvalue weighted by molar-refractivity contribution is 5.74. The number of aromatic amines is 2. The highest BCUT2D eigenvalue weighted by Gasteiger charge is 2.29. The van der Waals surface area contributed by atoms with Crippen molar-refractivity contribution < 1.29 is 14.2 Å². The molecular weight excluding hydrogens is 398 g/mol. The van der Waals surface area contributed by atoms with Gasteiger partial charge in [0.05, 0.1) is 7.11 Å². The lowest BCUT2D eigenvalue weighted by Gasteiger charge is -2.10. The molecule has 0 unspecified atom stereocenters. The molecule has 0 saturated carbocycles. The van der Waals surface area contributed by atoms with Crippen LogP contribution in [-0.2, 0) is 7.05 Å². The van der Waals surface area contributed by atoms with E-state index in [1.54, 1.807) is 30.7 Å². The zero-order valence-corrected chi connectivity index (χ0v) is 17.1. The van der Waals surface area contributed by atoms with Gasteiger partial charge in [0, 0.05) is 12.6 Å². The van der Waals surface area contributed by atoms with E-state index >= 15 is 0 Å². The first kappa shape index (κ1) is 18.7. The summed E-state index contributed by atoms with van der Waals surface area (Å²) in [7, 11) is 3.18. The van der Waals surface area contributed by atoms with Gasteiger partial charge in [-0.15, -0.1) is 0 Å². The number of methoxy groups -OCH3 is 1. The highest BCUT2D eigenvalue weighted by atomic mass is 16.5. The molecule has 0 bridgehead atoms. The minimum absolute atomic E-state index is 0.132. The number of nitrogens with zero attached hydrogens (tertiary/aromatic N) is 3. The summed E-state index contributed by atoms with van der Waals surface area (Å²) in [6.07, 6.45) is 1.81. The molecule has 0 saturated heterocycles. The number of fused-ring (bicyclic) bond motifs is 3. The van der Waals surface area contributed by atoms with Gasteiger partial charge in [0.1, 0.15) is 23.3 Å². The van der Waals surface area contributed by atoms with Crippen molar-refractivity contribution in [2.75, 3.05) is 7.11 Å². The Morgan fingerprint density at radius 1 is 1.10 bits per heavy atom. The number of para-hydroxylation sites is 2. The smallest absolute Gasteiger partial charge is 0.374 e. The van der Waals surface area contributed by atoms with Crippen LogP contribution in [-0.4, -0.2) is 31.3 Å². The molecule has 9 heteroatoms. The summed E-state index contributed by atoms with van der Waals surface area (Å²) in [6, 6.07) is 12.6. The Morgan fingerprint density at radius 2 is 1.87 bits per heavy atom. The molecule has 3 aromatic heterocycles. The standard InChI is InChI=1S/C22H19N5O4/c1-12-8-9-13(28)10-14(12)16-11-26-18-19(25(2)22(30)24-20(18)29)23-21(26)27(16)15-6-4-5-7-17(15)31-3/h4-11H,1-3H3,(H2,24,28,29,30)/p+1. The van der Waals surface area contributed by atoms with E-state index in [2.05, 4.69) is 9.97 Å². The van der Waals surface area contributed by atoms with Crippen LogP contribution in [0.25, 0.3) is 33.9 Å². The predicted molar refractivity (Wildman–Crippen MR) is 115 cm³/mol. The maximum absolute atomic E-state index is 12.7. The third-order valence-corrected chi connectivity index (χ3v) is 5.53. The van der Waals surface area contributed by atoms with E-state index in [0.717, 1.165) is 22.5 Å². The molecule has 0 spiro atoms. The largest absolute Gasteiger partial charge is 0.508 e. The van der Waals surface area contributed by atoms with E-state index in [1.807, 2.05) is 48.0 Å². The number of aromatic nitrogens is 5. The van der Waals surface area contributed by atoms with Crippen molar-refractivity contribution >= 4 is 16.9 Å². The molecule has 0 aliphatic carbocycles. The van der Waals surface area contributed by atoms with Crippen LogP contribution in [0.5, 0.6) is 11.5 Å². The molecule has 5 rings (SSSR count). The van der Waals surface area contributed by atoms with Crippen LogP contribution in [0.15, 0.2) is 58.3 Å². The number of benzene rings is 2. The number of hydrogen-bond donors (Lipinski definition) is 3. The van der Waals surface area contributed by atoms with Crippen molar-refractivity contribution in [2.24, 2.45) is 7.05 Å². The van der Waals surface area contributed by atoms with Crippen molar-refractivity contribution in [2.45, 2.75) is 6.92 Å². The van der Waals surface area contributed by atoms with Crippen LogP contribution in [0.2, 0.25) is 0 Å². The fourth-order valence-corrected chi connectivity index (χ4v) is 3.96. The number of H-pyrrole nitrogens is 2. The number of phenolic OH excluding ortho intramolecular Hbond substituents is 1. The SMILES string of the molecule is COc1ccccc1-n1c(-c2cc(O)ccc2C)c[n+]2c3c(=O)[nH]c(=O)n(C)c3[nH]c12. The van der Waals surface area contributed by atoms with Crippen molar-refractivity contribution in [1.29, 1.82) is 0 Å². The van der Waals surface area contributed by atoms with E-state index in [0.29, 0.717) is 22.7 Å². The van der Waals surface area contributed by atoms with Gasteiger partial charge < -0.3 is 9.84 Å². The maximum atomic E-state index is 12.7. The van der Waals surface area contributed by atoms with Gasteiger partial charge in [0.2, 0.25) is 11.2 Å². The summed E-state index contributed by atoms with van der Waals surface area (Å²) < 4.78 is 10.6. The van der Waals surface area contributed by atoms with E-state index in [1.165, 1.54) is 4.57 Å². The number of phenols is 1. The molecule has 156 valence electrons. The van der Waals surface area contributed by atoms with E-state index in [9.17, 15) is 14.7 Å². The highest BCUT2D eigenvalue weighted by Crippen LogP contribution is 2.33. The summed E-state index contributed by atoms with van der Waals surface area (Å²) in [6.45, 7) is 1.95. The summed E-state index contributed by atoms with van der Waals surface area (Å²) in [5.74, 6) is 1.32. The Bertz CT molecular complexity index is 1600. The third kappa shape index (κ3) is 2.67. The van der Waals surface area contributed by atoms with E-state index in [-0.39, 0.29) is 5.75 Å². The molecule has 31 heavy (non-hydrogen) atoms. The Balaban J connectivity index is 2.00. The molecule has 9 nitrogen and oxygen atoms in total. The Labute approximate surface area is 175 Å². The van der Waals surface area contributed by atoms with Crippen LogP contribution in [0.4, 0.5) is 0 Å². The van der Waals surface area contributed by atoms with Gasteiger partial charge in [-0.3, -0.25) is 14.3 Å². The van der Waals surface area contributed by atoms with E-state index in [4.69, 9.17) is 4.74 Å². The summed E-state index contributed by atoms with van der Waals surface area (Å²) in [5, 5.41) is 10.1. The average molecular weight is 418 g/mol. The number of rotatable bonds is 3. The molecule has 0 amide bonds. The van der Waals surface area contributed by atoms with Gasteiger partial charge >= 0.3 is 11.5 Å². The minimum Gasteiger partial charge on any atom is -0.508 e. The first-order chi connectivity index (χ1) is 14.9. The topological polar surface area (TPSA) is 109 Å². The minimum atomic E-state index is -0.505. The van der Waals surface area contributed by atoms with E-state index < -0.39 is 11.2 Å². The number of hydrogen-bond acceptors (Lipinski definition) is 4. The molecule has 5 aromatic rings. The molecule has 0 atom stereocenters. The fourth-order valence-electron chi connectivity index (χ4n) is 3.96. The number of imidazole rings is 2. The number of aryl methyl sites for hydroxylation is 2. The number of aromatic hydroxyl groups is 1. The van der Waals surface area contributed by atoms with Crippen molar-refractivity contribution in [1.82, 2.24) is 19.1 Å². The zero-order valence-electron chi connectivity index (χ0n) is 17.1. The van der Waals surface area contributed by atoms with Gasteiger partial charge in [-0.25, -0.2) is 9.78 Å². The van der Waals surface area contributed by atoms with Crippen molar-refractivity contribution in [3.8, 4) is 28.4 Å². The van der Waals surface area contributed by atoms with Gasteiger partial charge in [-0.05, 0) is 36.8 Å². The second-order valence-electron chi connectivity index (χ2n) is 7.35. The first-order valence-electron chi connectivity index (χ1n) is 9.62. The van der Waals surface area contributed by atoms with Crippen LogP contribution in [0, 0.1) is 6.92 Å². The van der Waals surface area contributed by atoms with Crippen molar-refractivity contribution in [3.63, 3.8) is 0 Å². The fraction of sp³-hybridized carbons (Fsp3) is 0.136. The zero-order chi connectivity index (χ0) is 21.9.